The summed E-state index contributed by atoms with van der Waals surface area (Å²) in [6.07, 6.45) is -0.0894. The highest BCUT2D eigenvalue weighted by Gasteiger charge is 2.15. The summed E-state index contributed by atoms with van der Waals surface area (Å²) in [5.74, 6) is -0.472. The summed E-state index contributed by atoms with van der Waals surface area (Å²) in [7, 11) is 0. The van der Waals surface area contributed by atoms with Crippen molar-refractivity contribution in [3.8, 4) is 0 Å². The van der Waals surface area contributed by atoms with E-state index in [1.54, 1.807) is 0 Å². The van der Waals surface area contributed by atoms with Crippen molar-refractivity contribution in [2.45, 2.75) is 19.4 Å². The number of rotatable bonds is 4. The minimum Gasteiger partial charge on any atom is -0.480 e. The molecule has 0 aromatic heterocycles. The summed E-state index contributed by atoms with van der Waals surface area (Å²) < 4.78 is 0. The molecule has 0 aliphatic heterocycles. The Morgan fingerprint density at radius 3 is 2.55 bits per heavy atom. The van der Waals surface area contributed by atoms with Crippen LogP contribution in [0.2, 0.25) is 0 Å². The Hall–Kier alpha value is -0.550. The lowest BCUT2D eigenvalue weighted by Crippen LogP contribution is -2.31. The molecule has 4 nitrogen and oxygen atoms in total. The van der Waals surface area contributed by atoms with Crippen LogP contribution in [-0.4, -0.2) is 28.0 Å². The fourth-order valence-electron chi connectivity index (χ4n) is 0.487. The number of carbonyl (C=O) groups excluding carboxylic acids is 1. The van der Waals surface area contributed by atoms with Gasteiger partial charge in [0.2, 0.25) is 0 Å². The minimum absolute atomic E-state index is 0.0894. The van der Waals surface area contributed by atoms with Crippen LogP contribution in [0.15, 0.2) is 0 Å². The van der Waals surface area contributed by atoms with Gasteiger partial charge in [-0.2, -0.15) is 0 Å². The number of hydrogen-bond donors (Lipinski definition) is 2. The molecule has 1 atom stereocenters. The number of carboxylic acid groups (broad SMARTS) is 1. The topological polar surface area (TPSA) is 80.4 Å². The Morgan fingerprint density at radius 1 is 1.64 bits per heavy atom. The zero-order chi connectivity index (χ0) is 8.85. The van der Waals surface area contributed by atoms with Gasteiger partial charge in [0.05, 0.1) is 0 Å². The number of carboxylic acids is 1. The van der Waals surface area contributed by atoms with Gasteiger partial charge in [-0.1, -0.05) is 18.7 Å². The average Bonchev–Trinajstić information content (AvgIpc) is 1.87. The summed E-state index contributed by atoms with van der Waals surface area (Å²) in [6.45, 7) is 1.83. The molecule has 0 rings (SSSR count). The Balaban J connectivity index is 3.66. The lowest BCUT2D eigenvalue weighted by atomic mass is 10.2. The molecule has 3 N–H and O–H groups in total. The highest BCUT2D eigenvalue weighted by atomic mass is 32.2. The second-order valence-electron chi connectivity index (χ2n) is 1.95. The van der Waals surface area contributed by atoms with Crippen LogP contribution in [0.25, 0.3) is 0 Å². The van der Waals surface area contributed by atoms with E-state index in [0.717, 1.165) is 11.8 Å². The molecular formula is C6H11NO3S. The standard InChI is InChI=1S/C6H11NO3S/c1-2-11-5(8)3-4(7)6(9)10/h4H,2-3,7H2,1H3,(H,9,10). The molecule has 0 aliphatic carbocycles. The quantitative estimate of drug-likeness (QED) is 0.635. The first kappa shape index (κ1) is 10.4. The molecule has 0 aliphatic rings. The van der Waals surface area contributed by atoms with Crippen LogP contribution in [0, 0.1) is 0 Å². The number of thioether (sulfide) groups is 1. The van der Waals surface area contributed by atoms with Gasteiger partial charge in [-0.05, 0) is 5.75 Å². The van der Waals surface area contributed by atoms with Crippen LogP contribution in [0.3, 0.4) is 0 Å². The predicted molar refractivity (Wildman–Crippen MR) is 43.4 cm³/mol. The fraction of sp³-hybridized carbons (Fsp3) is 0.667. The second kappa shape index (κ2) is 5.15. The molecule has 0 fully saturated rings. The lowest BCUT2D eigenvalue weighted by Gasteiger charge is -2.02. The number of hydrogen-bond acceptors (Lipinski definition) is 4. The molecule has 0 amide bonds. The van der Waals surface area contributed by atoms with Crippen LogP contribution in [0.4, 0.5) is 0 Å². The zero-order valence-electron chi connectivity index (χ0n) is 6.24. The van der Waals surface area contributed by atoms with Crippen molar-refractivity contribution < 1.29 is 14.7 Å². The molecule has 0 radical (unpaired) electrons. The summed E-state index contributed by atoms with van der Waals surface area (Å²) >= 11 is 1.09. The molecule has 0 aromatic rings. The van der Waals surface area contributed by atoms with Crippen molar-refractivity contribution >= 4 is 22.8 Å². The van der Waals surface area contributed by atoms with Crippen LogP contribution >= 0.6 is 11.8 Å². The summed E-state index contributed by atoms with van der Waals surface area (Å²) in [6, 6.07) is -1.05. The van der Waals surface area contributed by atoms with E-state index in [-0.39, 0.29) is 11.5 Å². The van der Waals surface area contributed by atoms with Crippen molar-refractivity contribution in [3.63, 3.8) is 0 Å². The van der Waals surface area contributed by atoms with Gasteiger partial charge in [-0.25, -0.2) is 0 Å². The number of aliphatic carboxylic acids is 1. The summed E-state index contributed by atoms with van der Waals surface area (Å²) in [5.41, 5.74) is 5.11. The normalized spacial score (nSPS) is 12.5. The number of nitrogens with two attached hydrogens (primary N) is 1. The maximum absolute atomic E-state index is 10.8. The first-order valence-electron chi connectivity index (χ1n) is 3.22. The molecule has 0 heterocycles. The van der Waals surface area contributed by atoms with Gasteiger partial charge in [-0.3, -0.25) is 9.59 Å². The van der Waals surface area contributed by atoms with E-state index in [0.29, 0.717) is 5.75 Å². The largest absolute Gasteiger partial charge is 0.480 e. The first-order chi connectivity index (χ1) is 5.07. The second-order valence-corrected chi connectivity index (χ2v) is 3.28. The third-order valence-electron chi connectivity index (χ3n) is 1.01. The van der Waals surface area contributed by atoms with Crippen molar-refractivity contribution in [1.29, 1.82) is 0 Å². The summed E-state index contributed by atoms with van der Waals surface area (Å²) in [4.78, 5) is 20.9. The van der Waals surface area contributed by atoms with E-state index in [1.807, 2.05) is 6.92 Å². The van der Waals surface area contributed by atoms with Gasteiger partial charge < -0.3 is 10.8 Å². The van der Waals surface area contributed by atoms with Crippen LogP contribution in [0.1, 0.15) is 13.3 Å². The first-order valence-corrected chi connectivity index (χ1v) is 4.20. The molecule has 64 valence electrons. The van der Waals surface area contributed by atoms with E-state index >= 15 is 0 Å². The minimum atomic E-state index is -1.13. The molecule has 1 unspecified atom stereocenters. The predicted octanol–water partition coefficient (Wildman–Crippen LogP) is 0.0681. The Bertz CT molecular complexity index is 160. The van der Waals surface area contributed by atoms with Gasteiger partial charge in [0, 0.05) is 6.42 Å². The Kier molecular flexibility index (Phi) is 4.89. The van der Waals surface area contributed by atoms with Crippen LogP contribution in [0.5, 0.6) is 0 Å². The fourth-order valence-corrected chi connectivity index (χ4v) is 1.11. The number of carbonyl (C=O) groups is 2. The van der Waals surface area contributed by atoms with Gasteiger partial charge >= 0.3 is 5.97 Å². The van der Waals surface area contributed by atoms with Gasteiger partial charge in [0.15, 0.2) is 5.12 Å². The van der Waals surface area contributed by atoms with Crippen molar-refractivity contribution in [2.75, 3.05) is 5.75 Å². The summed E-state index contributed by atoms with van der Waals surface area (Å²) in [5, 5.41) is 8.15. The van der Waals surface area contributed by atoms with Gasteiger partial charge in [0.25, 0.3) is 0 Å². The van der Waals surface area contributed by atoms with Crippen LogP contribution in [-0.2, 0) is 9.59 Å². The smallest absolute Gasteiger partial charge is 0.320 e. The van der Waals surface area contributed by atoms with E-state index < -0.39 is 12.0 Å². The lowest BCUT2D eigenvalue weighted by molar-refractivity contribution is -0.139. The van der Waals surface area contributed by atoms with Crippen molar-refractivity contribution in [3.05, 3.63) is 0 Å². The molecule has 0 spiro atoms. The van der Waals surface area contributed by atoms with E-state index in [2.05, 4.69) is 0 Å². The molecule has 0 bridgehead atoms. The van der Waals surface area contributed by atoms with E-state index in [9.17, 15) is 9.59 Å². The molecule has 0 saturated carbocycles. The highest BCUT2D eigenvalue weighted by molar-refractivity contribution is 8.13. The van der Waals surface area contributed by atoms with Gasteiger partial charge in [-0.15, -0.1) is 0 Å². The van der Waals surface area contributed by atoms with Crippen LogP contribution < -0.4 is 5.73 Å². The molecule has 5 heteroatoms. The highest BCUT2D eigenvalue weighted by Crippen LogP contribution is 2.05. The average molecular weight is 177 g/mol. The maximum Gasteiger partial charge on any atom is 0.320 e. The van der Waals surface area contributed by atoms with E-state index in [4.69, 9.17) is 10.8 Å². The van der Waals surface area contributed by atoms with E-state index in [1.165, 1.54) is 0 Å². The monoisotopic (exact) mass is 177 g/mol. The maximum atomic E-state index is 10.8. The zero-order valence-corrected chi connectivity index (χ0v) is 7.06. The van der Waals surface area contributed by atoms with Crippen molar-refractivity contribution in [1.82, 2.24) is 0 Å². The molecular weight excluding hydrogens is 166 g/mol. The molecule has 0 saturated heterocycles. The molecule has 0 aromatic carbocycles. The Labute approximate surface area is 69.1 Å². The third kappa shape index (κ3) is 4.80. The molecule has 11 heavy (non-hydrogen) atoms. The Morgan fingerprint density at radius 2 is 2.18 bits per heavy atom. The van der Waals surface area contributed by atoms with Gasteiger partial charge in [0.1, 0.15) is 6.04 Å². The van der Waals surface area contributed by atoms with Crippen molar-refractivity contribution in [2.24, 2.45) is 5.73 Å². The third-order valence-corrected chi connectivity index (χ3v) is 1.79. The SMILES string of the molecule is CCSC(=O)CC(N)C(=O)O.